The quantitative estimate of drug-likeness (QED) is 0.886. The lowest BCUT2D eigenvalue weighted by molar-refractivity contribution is 0.203. The molecule has 1 N–H and O–H groups in total. The molecule has 22 heavy (non-hydrogen) atoms. The molecule has 0 saturated heterocycles. The monoisotopic (exact) mass is 321 g/mol. The number of rotatable bonds is 6. The van der Waals surface area contributed by atoms with Gasteiger partial charge in [0.05, 0.1) is 6.54 Å². The van der Waals surface area contributed by atoms with Crippen molar-refractivity contribution in [2.75, 3.05) is 13.1 Å². The maximum atomic E-state index is 12.9. The van der Waals surface area contributed by atoms with Gasteiger partial charge in [0.2, 0.25) is 0 Å². The van der Waals surface area contributed by atoms with Gasteiger partial charge in [-0.15, -0.1) is 11.3 Å². The molecule has 0 spiro atoms. The van der Waals surface area contributed by atoms with E-state index in [1.807, 2.05) is 20.0 Å². The van der Waals surface area contributed by atoms with Gasteiger partial charge in [-0.1, -0.05) is 12.1 Å². The summed E-state index contributed by atoms with van der Waals surface area (Å²) in [5, 5.41) is 3.74. The summed E-state index contributed by atoms with van der Waals surface area (Å²) in [5.74, 6) is -0.229. The molecule has 1 aromatic carbocycles. The van der Waals surface area contributed by atoms with E-state index < -0.39 is 0 Å². The summed E-state index contributed by atoms with van der Waals surface area (Å²) in [6.45, 7) is 5.72. The van der Waals surface area contributed by atoms with E-state index in [2.05, 4.69) is 10.3 Å². The Morgan fingerprint density at radius 3 is 2.59 bits per heavy atom. The molecule has 1 aromatic heterocycles. The zero-order valence-electron chi connectivity index (χ0n) is 12.8. The molecule has 2 amide bonds. The topological polar surface area (TPSA) is 45.2 Å². The van der Waals surface area contributed by atoms with Gasteiger partial charge in [-0.3, -0.25) is 0 Å². The first-order valence-corrected chi connectivity index (χ1v) is 8.14. The fourth-order valence-electron chi connectivity index (χ4n) is 2.09. The Morgan fingerprint density at radius 1 is 1.27 bits per heavy atom. The number of hydrogen-bond acceptors (Lipinski definition) is 3. The largest absolute Gasteiger partial charge is 0.331 e. The number of nitrogens with one attached hydrogen (secondary N) is 1. The molecule has 0 aliphatic carbocycles. The number of aromatic nitrogens is 1. The van der Waals surface area contributed by atoms with Crippen molar-refractivity contribution in [3.05, 3.63) is 51.7 Å². The van der Waals surface area contributed by atoms with E-state index in [9.17, 15) is 9.18 Å². The summed E-state index contributed by atoms with van der Waals surface area (Å²) in [4.78, 5) is 19.0. The minimum atomic E-state index is -0.229. The van der Waals surface area contributed by atoms with Crippen LogP contribution in [0.25, 0.3) is 0 Å². The molecule has 0 fully saturated rings. The number of amides is 2. The second-order valence-corrected chi connectivity index (χ2v) is 6.05. The van der Waals surface area contributed by atoms with Crippen LogP contribution < -0.4 is 5.32 Å². The van der Waals surface area contributed by atoms with Gasteiger partial charge in [-0.25, -0.2) is 14.2 Å². The van der Waals surface area contributed by atoms with Crippen LogP contribution in [-0.4, -0.2) is 29.0 Å². The Labute approximate surface area is 134 Å². The van der Waals surface area contributed by atoms with E-state index >= 15 is 0 Å². The van der Waals surface area contributed by atoms with Crippen molar-refractivity contribution in [2.45, 2.75) is 26.8 Å². The molecule has 0 aliphatic heterocycles. The van der Waals surface area contributed by atoms with Crippen LogP contribution in [0, 0.1) is 5.82 Å². The molecule has 0 unspecified atom stereocenters. The Hall–Kier alpha value is -1.95. The third-order valence-corrected chi connectivity index (χ3v) is 4.33. The molecule has 0 bridgehead atoms. The number of halogens is 1. The minimum absolute atomic E-state index is 0.0692. The highest BCUT2D eigenvalue weighted by atomic mass is 32.1. The van der Waals surface area contributed by atoms with E-state index in [1.165, 1.54) is 12.1 Å². The van der Waals surface area contributed by atoms with E-state index in [0.717, 1.165) is 21.9 Å². The smallest absolute Gasteiger partial charge is 0.317 e. The molecular weight excluding hydrogens is 301 g/mol. The molecule has 1 heterocycles. The summed E-state index contributed by atoms with van der Waals surface area (Å²) in [7, 11) is 0. The highest BCUT2D eigenvalue weighted by molar-refractivity contribution is 7.11. The fraction of sp³-hybridized carbons (Fsp3) is 0.375. The lowest BCUT2D eigenvalue weighted by Crippen LogP contribution is -2.39. The standard InChI is InChI=1S/C16H20FN3OS/c1-3-20(4-2)16(21)19-11-15-18-10-14(22-15)9-12-5-7-13(17)8-6-12/h5-8,10H,3-4,9,11H2,1-2H3,(H,19,21). The number of thiazole rings is 1. The first-order valence-electron chi connectivity index (χ1n) is 7.33. The highest BCUT2D eigenvalue weighted by Crippen LogP contribution is 2.17. The van der Waals surface area contributed by atoms with Crippen LogP contribution in [0.2, 0.25) is 0 Å². The Morgan fingerprint density at radius 2 is 1.95 bits per heavy atom. The molecule has 0 saturated carbocycles. The highest BCUT2D eigenvalue weighted by Gasteiger charge is 2.10. The van der Waals surface area contributed by atoms with Crippen molar-refractivity contribution in [3.8, 4) is 0 Å². The first kappa shape index (κ1) is 16.4. The van der Waals surface area contributed by atoms with Crippen molar-refractivity contribution in [1.82, 2.24) is 15.2 Å². The van der Waals surface area contributed by atoms with E-state index in [1.54, 1.807) is 28.4 Å². The fourth-order valence-corrected chi connectivity index (χ4v) is 2.99. The van der Waals surface area contributed by atoms with Crippen molar-refractivity contribution in [1.29, 1.82) is 0 Å². The van der Waals surface area contributed by atoms with Gasteiger partial charge in [0.25, 0.3) is 0 Å². The maximum Gasteiger partial charge on any atom is 0.317 e. The predicted molar refractivity (Wildman–Crippen MR) is 86.5 cm³/mol. The Kier molecular flexibility index (Phi) is 5.89. The van der Waals surface area contributed by atoms with Gasteiger partial charge < -0.3 is 10.2 Å². The van der Waals surface area contributed by atoms with Gasteiger partial charge in [0.1, 0.15) is 10.8 Å². The summed E-state index contributed by atoms with van der Waals surface area (Å²) in [6, 6.07) is 6.40. The zero-order chi connectivity index (χ0) is 15.9. The van der Waals surface area contributed by atoms with E-state index in [0.29, 0.717) is 19.6 Å². The van der Waals surface area contributed by atoms with Crippen LogP contribution >= 0.6 is 11.3 Å². The molecule has 118 valence electrons. The summed E-state index contributed by atoms with van der Waals surface area (Å²) in [5.41, 5.74) is 1.05. The lowest BCUT2D eigenvalue weighted by Gasteiger charge is -2.18. The second-order valence-electron chi connectivity index (χ2n) is 4.85. The average Bonchev–Trinajstić information content (AvgIpc) is 2.96. The molecule has 6 heteroatoms. The number of urea groups is 1. The van der Waals surface area contributed by atoms with Crippen LogP contribution in [0.15, 0.2) is 30.5 Å². The van der Waals surface area contributed by atoms with Gasteiger partial charge in [0, 0.05) is 30.6 Å². The maximum absolute atomic E-state index is 12.9. The molecule has 0 radical (unpaired) electrons. The van der Waals surface area contributed by atoms with Crippen LogP contribution in [-0.2, 0) is 13.0 Å². The summed E-state index contributed by atoms with van der Waals surface area (Å²) < 4.78 is 12.9. The number of carbonyl (C=O) groups excluding carboxylic acids is 1. The SMILES string of the molecule is CCN(CC)C(=O)NCc1ncc(Cc2ccc(F)cc2)s1. The molecule has 4 nitrogen and oxygen atoms in total. The van der Waals surface area contributed by atoms with Gasteiger partial charge in [-0.2, -0.15) is 0 Å². The average molecular weight is 321 g/mol. The zero-order valence-corrected chi connectivity index (χ0v) is 13.6. The number of carbonyl (C=O) groups is 1. The predicted octanol–water partition coefficient (Wildman–Crippen LogP) is 3.42. The van der Waals surface area contributed by atoms with Gasteiger partial charge in [0.15, 0.2) is 0 Å². The van der Waals surface area contributed by atoms with Crippen LogP contribution in [0.4, 0.5) is 9.18 Å². The van der Waals surface area contributed by atoms with Crippen molar-refractivity contribution < 1.29 is 9.18 Å². The third-order valence-electron chi connectivity index (χ3n) is 3.33. The van der Waals surface area contributed by atoms with Crippen LogP contribution in [0.3, 0.4) is 0 Å². The molecular formula is C16H20FN3OS. The van der Waals surface area contributed by atoms with Gasteiger partial charge in [-0.05, 0) is 31.5 Å². The molecule has 2 rings (SSSR count). The van der Waals surface area contributed by atoms with Crippen LogP contribution in [0.1, 0.15) is 29.3 Å². The van der Waals surface area contributed by atoms with Crippen LogP contribution in [0.5, 0.6) is 0 Å². The number of benzene rings is 1. The molecule has 0 atom stereocenters. The Bertz CT molecular complexity index is 608. The van der Waals surface area contributed by atoms with Gasteiger partial charge >= 0.3 is 6.03 Å². The third kappa shape index (κ3) is 4.53. The minimum Gasteiger partial charge on any atom is -0.331 e. The Balaban J connectivity index is 1.88. The van der Waals surface area contributed by atoms with E-state index in [-0.39, 0.29) is 11.8 Å². The van der Waals surface area contributed by atoms with E-state index in [4.69, 9.17) is 0 Å². The lowest BCUT2D eigenvalue weighted by atomic mass is 10.1. The van der Waals surface area contributed by atoms with Crippen molar-refractivity contribution in [2.24, 2.45) is 0 Å². The normalized spacial score (nSPS) is 10.5. The number of nitrogens with zero attached hydrogens (tertiary/aromatic N) is 2. The number of hydrogen-bond donors (Lipinski definition) is 1. The van der Waals surface area contributed by atoms with Crippen molar-refractivity contribution in [3.63, 3.8) is 0 Å². The summed E-state index contributed by atoms with van der Waals surface area (Å²) >= 11 is 1.56. The first-order chi connectivity index (χ1) is 10.6. The summed E-state index contributed by atoms with van der Waals surface area (Å²) in [6.07, 6.45) is 2.54. The van der Waals surface area contributed by atoms with Crippen molar-refractivity contribution >= 4 is 17.4 Å². The molecule has 0 aliphatic rings. The molecule has 2 aromatic rings. The second kappa shape index (κ2) is 7.89.